The van der Waals surface area contributed by atoms with E-state index in [0.717, 1.165) is 109 Å². The summed E-state index contributed by atoms with van der Waals surface area (Å²) in [5.41, 5.74) is 0. The lowest BCUT2D eigenvalue weighted by atomic mass is 10.1. The highest BCUT2D eigenvalue weighted by Gasteiger charge is 2.17. The summed E-state index contributed by atoms with van der Waals surface area (Å²) in [7, 11) is 0. The molecule has 0 saturated carbocycles. The Morgan fingerprint density at radius 1 is 0.371 bits per heavy atom. The summed E-state index contributed by atoms with van der Waals surface area (Å²) in [4.78, 5) is 25.3. The Hall–Kier alpha value is -3.70. The molecular formula is C57H92O5. The molecule has 0 aromatic carbocycles. The van der Waals surface area contributed by atoms with Crippen molar-refractivity contribution >= 4 is 11.9 Å². The number of carbonyl (C=O) groups is 2. The molecule has 0 aromatic rings. The highest BCUT2D eigenvalue weighted by Crippen LogP contribution is 2.11. The van der Waals surface area contributed by atoms with E-state index in [4.69, 9.17) is 14.2 Å². The molecule has 0 aromatic heterocycles. The summed E-state index contributed by atoms with van der Waals surface area (Å²) in [6, 6.07) is 0. The molecule has 0 spiro atoms. The van der Waals surface area contributed by atoms with Crippen LogP contribution < -0.4 is 0 Å². The Labute approximate surface area is 382 Å². The summed E-state index contributed by atoms with van der Waals surface area (Å²) in [5, 5.41) is 0. The standard InChI is InChI=1S/C57H92O5/c1-4-7-10-13-16-19-22-25-27-28-29-30-31-33-35-38-41-44-47-50-56(58)61-54-55(53-60-52-49-46-43-40-37-34-26-23-20-17-14-11-8-5-2)62-57(59)51-48-45-42-39-36-32-24-21-18-15-12-9-6-3/h7-8,10-11,16-17,19-21,24-27,29-30,33-35,41,44,55H,4-6,9,12-15,18,22-23,28,31-32,36-40,42-43,45-54H2,1-3H3/b10-7-,11-8-,19-16-,20-17-,24-21-,27-25-,30-29-,34-26-,35-33-,44-41-. The molecule has 0 aliphatic rings. The predicted octanol–water partition coefficient (Wildman–Crippen LogP) is 17.0. The average Bonchev–Trinajstić information content (AvgIpc) is 3.27. The van der Waals surface area contributed by atoms with Crippen LogP contribution >= 0.6 is 0 Å². The maximum absolute atomic E-state index is 12.8. The van der Waals surface area contributed by atoms with Gasteiger partial charge in [0.25, 0.3) is 0 Å². The number of ether oxygens (including phenoxy) is 3. The Kier molecular flexibility index (Phi) is 48.6. The fourth-order valence-electron chi connectivity index (χ4n) is 6.31. The van der Waals surface area contributed by atoms with Crippen molar-refractivity contribution in [1.82, 2.24) is 0 Å². The molecule has 0 bridgehead atoms. The van der Waals surface area contributed by atoms with Gasteiger partial charge in [-0.3, -0.25) is 9.59 Å². The van der Waals surface area contributed by atoms with Crippen LogP contribution in [0.25, 0.3) is 0 Å². The van der Waals surface area contributed by atoms with E-state index < -0.39 is 6.10 Å². The van der Waals surface area contributed by atoms with Crippen molar-refractivity contribution in [2.75, 3.05) is 19.8 Å². The van der Waals surface area contributed by atoms with Crippen molar-refractivity contribution in [3.05, 3.63) is 122 Å². The number of hydrogen-bond donors (Lipinski definition) is 0. The maximum Gasteiger partial charge on any atom is 0.306 e. The van der Waals surface area contributed by atoms with Gasteiger partial charge in [-0.2, -0.15) is 0 Å². The molecule has 1 atom stereocenters. The van der Waals surface area contributed by atoms with Gasteiger partial charge in [0.05, 0.1) is 6.61 Å². The SMILES string of the molecule is CC/C=C\C/C=C\C/C=C\C/C=C\C/C=C\C/C=C\CCC(=O)OCC(COCCCCCC/C=C\C/C=C\C/C=C\CC)OC(=O)CCCCCCC/C=C\CCCCCC. The van der Waals surface area contributed by atoms with E-state index in [1.165, 1.54) is 51.4 Å². The average molecular weight is 857 g/mol. The summed E-state index contributed by atoms with van der Waals surface area (Å²) < 4.78 is 17.3. The summed E-state index contributed by atoms with van der Waals surface area (Å²) in [6.07, 6.45) is 72.2. The van der Waals surface area contributed by atoms with Crippen molar-refractivity contribution in [1.29, 1.82) is 0 Å². The van der Waals surface area contributed by atoms with Gasteiger partial charge in [0, 0.05) is 19.4 Å². The summed E-state index contributed by atoms with van der Waals surface area (Å²) >= 11 is 0. The zero-order valence-corrected chi connectivity index (χ0v) is 40.1. The maximum atomic E-state index is 12.8. The van der Waals surface area contributed by atoms with Gasteiger partial charge in [0.1, 0.15) is 6.61 Å². The smallest absolute Gasteiger partial charge is 0.306 e. The van der Waals surface area contributed by atoms with Crippen LogP contribution in [0.15, 0.2) is 122 Å². The summed E-state index contributed by atoms with van der Waals surface area (Å²) in [6.45, 7) is 7.43. The molecule has 0 aliphatic heterocycles. The van der Waals surface area contributed by atoms with Crippen LogP contribution in [0.4, 0.5) is 0 Å². The third kappa shape index (κ3) is 49.0. The van der Waals surface area contributed by atoms with Gasteiger partial charge >= 0.3 is 11.9 Å². The number of allylic oxidation sites excluding steroid dienone is 20. The van der Waals surface area contributed by atoms with Crippen LogP contribution in [0.1, 0.15) is 201 Å². The first-order valence-electron chi connectivity index (χ1n) is 25.1. The number of unbranched alkanes of at least 4 members (excludes halogenated alkanes) is 13. The van der Waals surface area contributed by atoms with Gasteiger partial charge in [0.15, 0.2) is 6.10 Å². The van der Waals surface area contributed by atoms with Crippen molar-refractivity contribution in [2.24, 2.45) is 0 Å². The second kappa shape index (κ2) is 51.6. The lowest BCUT2D eigenvalue weighted by Gasteiger charge is -2.18. The molecule has 5 nitrogen and oxygen atoms in total. The topological polar surface area (TPSA) is 61.8 Å². The molecule has 5 heteroatoms. The van der Waals surface area contributed by atoms with Crippen LogP contribution in [0.5, 0.6) is 0 Å². The zero-order chi connectivity index (χ0) is 44.9. The van der Waals surface area contributed by atoms with E-state index in [2.05, 4.69) is 136 Å². The normalized spacial score (nSPS) is 13.3. The van der Waals surface area contributed by atoms with Gasteiger partial charge in [-0.1, -0.05) is 194 Å². The van der Waals surface area contributed by atoms with E-state index in [9.17, 15) is 9.59 Å². The Morgan fingerprint density at radius 3 is 1.24 bits per heavy atom. The molecule has 0 fully saturated rings. The molecule has 350 valence electrons. The number of esters is 2. The summed E-state index contributed by atoms with van der Waals surface area (Å²) in [5.74, 6) is -0.526. The Bertz CT molecular complexity index is 1290. The van der Waals surface area contributed by atoms with Crippen molar-refractivity contribution in [3.63, 3.8) is 0 Å². The largest absolute Gasteiger partial charge is 0.462 e. The molecule has 0 saturated heterocycles. The molecular weight excluding hydrogens is 765 g/mol. The quantitative estimate of drug-likeness (QED) is 0.0347. The lowest BCUT2D eigenvalue weighted by molar-refractivity contribution is -0.162. The Balaban J connectivity index is 4.45. The zero-order valence-electron chi connectivity index (χ0n) is 40.1. The van der Waals surface area contributed by atoms with Crippen LogP contribution in [0, 0.1) is 0 Å². The first kappa shape index (κ1) is 58.3. The highest BCUT2D eigenvalue weighted by molar-refractivity contribution is 5.70. The van der Waals surface area contributed by atoms with E-state index in [1.807, 2.05) is 6.08 Å². The van der Waals surface area contributed by atoms with Gasteiger partial charge in [-0.25, -0.2) is 0 Å². The molecule has 0 amide bonds. The minimum absolute atomic E-state index is 0.0252. The molecule has 0 aliphatic carbocycles. The molecule has 0 N–H and O–H groups in total. The van der Waals surface area contributed by atoms with E-state index >= 15 is 0 Å². The monoisotopic (exact) mass is 857 g/mol. The fourth-order valence-corrected chi connectivity index (χ4v) is 6.31. The van der Waals surface area contributed by atoms with E-state index in [0.29, 0.717) is 25.9 Å². The molecule has 1 unspecified atom stereocenters. The van der Waals surface area contributed by atoms with E-state index in [-0.39, 0.29) is 25.2 Å². The third-order valence-electron chi connectivity index (χ3n) is 9.98. The molecule has 62 heavy (non-hydrogen) atoms. The first-order chi connectivity index (χ1) is 30.6. The third-order valence-corrected chi connectivity index (χ3v) is 9.98. The minimum Gasteiger partial charge on any atom is -0.462 e. The minimum atomic E-state index is -0.590. The van der Waals surface area contributed by atoms with Crippen LogP contribution in [0.3, 0.4) is 0 Å². The van der Waals surface area contributed by atoms with Gasteiger partial charge in [0.2, 0.25) is 0 Å². The second-order valence-electron chi connectivity index (χ2n) is 15.9. The second-order valence-corrected chi connectivity index (χ2v) is 15.9. The fraction of sp³-hybridized carbons (Fsp3) is 0.614. The Morgan fingerprint density at radius 2 is 0.758 bits per heavy atom. The number of hydrogen-bond acceptors (Lipinski definition) is 5. The molecule has 0 heterocycles. The number of carbonyl (C=O) groups excluding carboxylic acids is 2. The van der Waals surface area contributed by atoms with Crippen molar-refractivity contribution in [3.8, 4) is 0 Å². The highest BCUT2D eigenvalue weighted by atomic mass is 16.6. The number of rotatable bonds is 44. The van der Waals surface area contributed by atoms with E-state index in [1.54, 1.807) is 0 Å². The van der Waals surface area contributed by atoms with Crippen LogP contribution in [-0.2, 0) is 23.8 Å². The molecule has 0 radical (unpaired) electrons. The van der Waals surface area contributed by atoms with Gasteiger partial charge < -0.3 is 14.2 Å². The van der Waals surface area contributed by atoms with Crippen molar-refractivity contribution < 1.29 is 23.8 Å². The predicted molar refractivity (Wildman–Crippen MR) is 269 cm³/mol. The van der Waals surface area contributed by atoms with Gasteiger partial charge in [-0.05, 0) is 116 Å². The first-order valence-corrected chi connectivity index (χ1v) is 25.1. The van der Waals surface area contributed by atoms with Crippen LogP contribution in [-0.4, -0.2) is 37.9 Å². The van der Waals surface area contributed by atoms with Crippen molar-refractivity contribution in [2.45, 2.75) is 207 Å². The molecule has 0 rings (SSSR count). The van der Waals surface area contributed by atoms with Gasteiger partial charge in [-0.15, -0.1) is 0 Å². The van der Waals surface area contributed by atoms with Crippen LogP contribution in [0.2, 0.25) is 0 Å². The lowest BCUT2D eigenvalue weighted by Crippen LogP contribution is -2.30.